The molecule has 0 rings (SSSR count). The number of rotatable bonds is 5. The van der Waals surface area contributed by atoms with Crippen molar-refractivity contribution in [2.45, 2.75) is 19.8 Å². The van der Waals surface area contributed by atoms with E-state index in [0.29, 0.717) is 13.0 Å². The lowest BCUT2D eigenvalue weighted by atomic mass is 10.4. The molecule has 0 aliphatic carbocycles. The van der Waals surface area contributed by atoms with Crippen molar-refractivity contribution < 1.29 is 4.79 Å². The van der Waals surface area contributed by atoms with Gasteiger partial charge < -0.3 is 4.90 Å². The SMILES string of the molecule is CCC(=O)N=NCCCN(C)C. The van der Waals surface area contributed by atoms with Gasteiger partial charge in [0.2, 0.25) is 0 Å². The molecule has 0 aromatic heterocycles. The van der Waals surface area contributed by atoms with Gasteiger partial charge in [0.05, 0.1) is 6.54 Å². The van der Waals surface area contributed by atoms with E-state index in [2.05, 4.69) is 15.1 Å². The molecule has 0 aromatic rings. The molecule has 0 saturated heterocycles. The molecule has 0 aliphatic heterocycles. The molecule has 4 heteroatoms. The molecule has 0 unspecified atom stereocenters. The molecule has 12 heavy (non-hydrogen) atoms. The molecule has 0 fully saturated rings. The van der Waals surface area contributed by atoms with Gasteiger partial charge >= 0.3 is 0 Å². The van der Waals surface area contributed by atoms with Gasteiger partial charge in [0.1, 0.15) is 0 Å². The molecular weight excluding hydrogens is 154 g/mol. The maximum Gasteiger partial charge on any atom is 0.264 e. The van der Waals surface area contributed by atoms with E-state index in [-0.39, 0.29) is 5.91 Å². The summed E-state index contributed by atoms with van der Waals surface area (Å²) in [6.07, 6.45) is 1.39. The summed E-state index contributed by atoms with van der Waals surface area (Å²) in [4.78, 5) is 12.7. The van der Waals surface area contributed by atoms with Gasteiger partial charge in [-0.3, -0.25) is 4.79 Å². The summed E-state index contributed by atoms with van der Waals surface area (Å²) in [6.45, 7) is 3.41. The topological polar surface area (TPSA) is 45.0 Å². The standard InChI is InChI=1S/C8H17N3O/c1-4-8(12)10-9-6-5-7-11(2)3/h4-7H2,1-3H3. The number of hydrogen-bond donors (Lipinski definition) is 0. The van der Waals surface area contributed by atoms with Crippen LogP contribution in [0, 0.1) is 0 Å². The average Bonchev–Trinajstić information content (AvgIpc) is 2.03. The fourth-order valence-electron chi connectivity index (χ4n) is 0.657. The van der Waals surface area contributed by atoms with E-state index in [1.165, 1.54) is 0 Å². The van der Waals surface area contributed by atoms with E-state index < -0.39 is 0 Å². The Balaban J connectivity index is 3.30. The van der Waals surface area contributed by atoms with Crippen molar-refractivity contribution in [2.75, 3.05) is 27.2 Å². The average molecular weight is 171 g/mol. The highest BCUT2D eigenvalue weighted by Gasteiger charge is 1.92. The quantitative estimate of drug-likeness (QED) is 0.462. The summed E-state index contributed by atoms with van der Waals surface area (Å²) in [6, 6.07) is 0. The Labute approximate surface area is 73.7 Å². The Morgan fingerprint density at radius 2 is 2.08 bits per heavy atom. The predicted octanol–water partition coefficient (Wildman–Crippen LogP) is 1.33. The van der Waals surface area contributed by atoms with Crippen LogP contribution in [0.2, 0.25) is 0 Å². The molecule has 70 valence electrons. The first-order valence-corrected chi connectivity index (χ1v) is 4.22. The number of nitrogens with zero attached hydrogens (tertiary/aromatic N) is 3. The zero-order valence-electron chi connectivity index (χ0n) is 8.08. The summed E-state index contributed by atoms with van der Waals surface area (Å²) in [7, 11) is 4.02. The zero-order chi connectivity index (χ0) is 9.40. The second kappa shape index (κ2) is 6.91. The highest BCUT2D eigenvalue weighted by Crippen LogP contribution is 1.88. The van der Waals surface area contributed by atoms with Crippen LogP contribution >= 0.6 is 0 Å². The van der Waals surface area contributed by atoms with Crippen molar-refractivity contribution in [1.29, 1.82) is 0 Å². The van der Waals surface area contributed by atoms with Crippen LogP contribution in [0.3, 0.4) is 0 Å². The molecule has 0 atom stereocenters. The van der Waals surface area contributed by atoms with Crippen molar-refractivity contribution in [2.24, 2.45) is 10.2 Å². The van der Waals surface area contributed by atoms with Crippen molar-refractivity contribution in [1.82, 2.24) is 4.90 Å². The largest absolute Gasteiger partial charge is 0.309 e. The Bertz CT molecular complexity index is 154. The second-order valence-electron chi connectivity index (χ2n) is 2.87. The Morgan fingerprint density at radius 1 is 1.42 bits per heavy atom. The first-order valence-electron chi connectivity index (χ1n) is 4.22. The maximum atomic E-state index is 10.6. The van der Waals surface area contributed by atoms with Gasteiger partial charge in [0.25, 0.3) is 5.91 Å². The van der Waals surface area contributed by atoms with E-state index in [1.54, 1.807) is 6.92 Å². The van der Waals surface area contributed by atoms with Crippen LogP contribution in [0.15, 0.2) is 10.2 Å². The first kappa shape index (κ1) is 11.2. The summed E-state index contributed by atoms with van der Waals surface area (Å²) in [5.41, 5.74) is 0. The van der Waals surface area contributed by atoms with Crippen LogP contribution in [0.1, 0.15) is 19.8 Å². The number of carbonyl (C=O) groups is 1. The Morgan fingerprint density at radius 3 is 2.58 bits per heavy atom. The molecule has 0 aliphatic rings. The summed E-state index contributed by atoms with van der Waals surface area (Å²) >= 11 is 0. The molecule has 1 amide bonds. The third-order valence-corrected chi connectivity index (χ3v) is 1.35. The fraction of sp³-hybridized carbons (Fsp3) is 0.875. The van der Waals surface area contributed by atoms with Crippen molar-refractivity contribution in [3.05, 3.63) is 0 Å². The van der Waals surface area contributed by atoms with Gasteiger partial charge in [0.15, 0.2) is 0 Å². The van der Waals surface area contributed by atoms with Crippen LogP contribution < -0.4 is 0 Å². The monoisotopic (exact) mass is 171 g/mol. The normalized spacial score (nSPS) is 11.3. The van der Waals surface area contributed by atoms with E-state index in [9.17, 15) is 4.79 Å². The molecule has 0 radical (unpaired) electrons. The van der Waals surface area contributed by atoms with Crippen LogP contribution in [-0.2, 0) is 4.79 Å². The highest BCUT2D eigenvalue weighted by atomic mass is 16.1. The predicted molar refractivity (Wildman–Crippen MR) is 48.2 cm³/mol. The lowest BCUT2D eigenvalue weighted by Crippen LogP contribution is -2.13. The van der Waals surface area contributed by atoms with Crippen LogP contribution in [0.25, 0.3) is 0 Å². The van der Waals surface area contributed by atoms with Gasteiger partial charge in [-0.2, -0.15) is 5.11 Å². The van der Waals surface area contributed by atoms with E-state index in [1.807, 2.05) is 14.1 Å². The minimum atomic E-state index is -0.139. The van der Waals surface area contributed by atoms with Crippen molar-refractivity contribution in [3.8, 4) is 0 Å². The molecular formula is C8H17N3O. The molecule has 0 heterocycles. The van der Waals surface area contributed by atoms with Gasteiger partial charge in [-0.25, -0.2) is 0 Å². The lowest BCUT2D eigenvalue weighted by Gasteiger charge is -2.05. The van der Waals surface area contributed by atoms with Gasteiger partial charge in [0, 0.05) is 6.42 Å². The third kappa shape index (κ3) is 7.34. The second-order valence-corrected chi connectivity index (χ2v) is 2.87. The van der Waals surface area contributed by atoms with Crippen LogP contribution in [-0.4, -0.2) is 38.0 Å². The summed E-state index contributed by atoms with van der Waals surface area (Å²) < 4.78 is 0. The summed E-state index contributed by atoms with van der Waals surface area (Å²) in [5, 5.41) is 7.27. The first-order chi connectivity index (χ1) is 5.66. The van der Waals surface area contributed by atoms with Crippen molar-refractivity contribution in [3.63, 3.8) is 0 Å². The molecule has 0 spiro atoms. The minimum Gasteiger partial charge on any atom is -0.309 e. The van der Waals surface area contributed by atoms with E-state index >= 15 is 0 Å². The molecule has 4 nitrogen and oxygen atoms in total. The summed E-state index contributed by atoms with van der Waals surface area (Å²) in [5.74, 6) is -0.139. The van der Waals surface area contributed by atoms with Crippen LogP contribution in [0.5, 0.6) is 0 Å². The Hall–Kier alpha value is -0.770. The number of carbonyl (C=O) groups excluding carboxylic acids is 1. The molecule has 0 saturated carbocycles. The van der Waals surface area contributed by atoms with Gasteiger partial charge in [-0.1, -0.05) is 6.92 Å². The highest BCUT2D eigenvalue weighted by molar-refractivity contribution is 5.75. The number of hydrogen-bond acceptors (Lipinski definition) is 3. The molecule has 0 bridgehead atoms. The Kier molecular flexibility index (Phi) is 6.47. The van der Waals surface area contributed by atoms with Gasteiger partial charge in [-0.05, 0) is 27.1 Å². The molecule has 0 aromatic carbocycles. The third-order valence-electron chi connectivity index (χ3n) is 1.35. The maximum absolute atomic E-state index is 10.6. The minimum absolute atomic E-state index is 0.139. The lowest BCUT2D eigenvalue weighted by molar-refractivity contribution is -0.118. The fourth-order valence-corrected chi connectivity index (χ4v) is 0.657. The van der Waals surface area contributed by atoms with Gasteiger partial charge in [-0.15, -0.1) is 5.11 Å². The number of amides is 1. The van der Waals surface area contributed by atoms with E-state index in [0.717, 1.165) is 13.0 Å². The zero-order valence-corrected chi connectivity index (χ0v) is 8.08. The van der Waals surface area contributed by atoms with Crippen LogP contribution in [0.4, 0.5) is 0 Å². The smallest absolute Gasteiger partial charge is 0.264 e. The van der Waals surface area contributed by atoms with E-state index in [4.69, 9.17) is 0 Å². The number of azo groups is 1. The van der Waals surface area contributed by atoms with Crippen molar-refractivity contribution >= 4 is 5.91 Å². The molecule has 0 N–H and O–H groups in total.